The van der Waals surface area contributed by atoms with Crippen molar-refractivity contribution in [1.82, 2.24) is 0 Å². The molecule has 2 N–H and O–H groups in total. The Labute approximate surface area is 181 Å². The van der Waals surface area contributed by atoms with Crippen molar-refractivity contribution in [3.63, 3.8) is 0 Å². The number of nitrogens with zero attached hydrogens (tertiary/aromatic N) is 2. The molecule has 3 heteroatoms. The average molecular weight is 400 g/mol. The molecule has 0 bridgehead atoms. The molecule has 0 aliphatic rings. The van der Waals surface area contributed by atoms with Crippen LogP contribution in [0.5, 0.6) is 0 Å². The predicted molar refractivity (Wildman–Crippen MR) is 129 cm³/mol. The Morgan fingerprint density at radius 2 is 1.90 bits per heavy atom. The number of benzene rings is 2. The van der Waals surface area contributed by atoms with Crippen molar-refractivity contribution in [1.29, 1.82) is 5.26 Å². The molecule has 3 nitrogen and oxygen atoms in total. The van der Waals surface area contributed by atoms with E-state index in [1.165, 1.54) is 5.56 Å². The van der Waals surface area contributed by atoms with E-state index in [2.05, 4.69) is 57.7 Å². The number of rotatable bonds is 9. The first-order valence-corrected chi connectivity index (χ1v) is 10.6. The Kier molecular flexibility index (Phi) is 8.77. The van der Waals surface area contributed by atoms with E-state index in [0.29, 0.717) is 24.4 Å². The molecule has 0 radical (unpaired) electrons. The summed E-state index contributed by atoms with van der Waals surface area (Å²) in [6.45, 7) is 13.4. The van der Waals surface area contributed by atoms with Crippen LogP contribution in [-0.2, 0) is 12.8 Å². The van der Waals surface area contributed by atoms with Crippen LogP contribution in [0.25, 0.3) is 11.1 Å². The van der Waals surface area contributed by atoms with Crippen molar-refractivity contribution in [2.45, 2.75) is 47.0 Å². The van der Waals surface area contributed by atoms with Gasteiger partial charge in [-0.05, 0) is 91.6 Å². The van der Waals surface area contributed by atoms with Gasteiger partial charge in [0.15, 0.2) is 0 Å². The molecule has 0 spiro atoms. The first-order valence-electron chi connectivity index (χ1n) is 10.6. The molecule has 0 heterocycles. The van der Waals surface area contributed by atoms with E-state index in [1.54, 1.807) is 0 Å². The molecule has 0 aliphatic heterocycles. The van der Waals surface area contributed by atoms with Gasteiger partial charge in [0.05, 0.1) is 11.6 Å². The monoisotopic (exact) mass is 399 g/mol. The van der Waals surface area contributed by atoms with Crippen LogP contribution in [0.1, 0.15) is 50.8 Å². The van der Waals surface area contributed by atoms with Gasteiger partial charge in [-0.3, -0.25) is 4.99 Å². The lowest BCUT2D eigenvalue weighted by atomic mass is 9.92. The molecule has 156 valence electrons. The Bertz CT molecular complexity index is 972. The molecule has 0 aromatic heterocycles. The van der Waals surface area contributed by atoms with Gasteiger partial charge in [-0.25, -0.2) is 0 Å². The van der Waals surface area contributed by atoms with E-state index < -0.39 is 0 Å². The maximum atomic E-state index is 9.36. The van der Waals surface area contributed by atoms with Gasteiger partial charge < -0.3 is 5.73 Å². The van der Waals surface area contributed by atoms with Crippen molar-refractivity contribution < 1.29 is 0 Å². The van der Waals surface area contributed by atoms with Crippen LogP contribution < -0.4 is 5.73 Å². The number of aliphatic imine (C=N–C) groups is 1. The summed E-state index contributed by atoms with van der Waals surface area (Å²) in [5.41, 5.74) is 14.0. The molecule has 1 unspecified atom stereocenters. The molecule has 2 aromatic rings. The molecule has 30 heavy (non-hydrogen) atoms. The molecular weight excluding hydrogens is 366 g/mol. The van der Waals surface area contributed by atoms with Crippen molar-refractivity contribution in [2.24, 2.45) is 16.6 Å². The number of hydrogen-bond donors (Lipinski definition) is 1. The fourth-order valence-corrected chi connectivity index (χ4v) is 3.42. The quantitative estimate of drug-likeness (QED) is 0.401. The second kappa shape index (κ2) is 11.3. The highest BCUT2D eigenvalue weighted by molar-refractivity contribution is 5.84. The fraction of sp³-hybridized carbons (Fsp3) is 0.333. The first-order chi connectivity index (χ1) is 14.4. The van der Waals surface area contributed by atoms with E-state index in [9.17, 15) is 5.26 Å². The van der Waals surface area contributed by atoms with Gasteiger partial charge in [-0.15, -0.1) is 0 Å². The lowest BCUT2D eigenvalue weighted by Crippen LogP contribution is -2.05. The Balaban J connectivity index is 2.31. The first kappa shape index (κ1) is 23.3. The third kappa shape index (κ3) is 6.54. The van der Waals surface area contributed by atoms with Gasteiger partial charge in [0.25, 0.3) is 0 Å². The zero-order valence-electron chi connectivity index (χ0n) is 18.7. The molecule has 0 fully saturated rings. The zero-order chi connectivity index (χ0) is 22.1. The van der Waals surface area contributed by atoms with Crippen LogP contribution in [0.2, 0.25) is 0 Å². The van der Waals surface area contributed by atoms with Crippen molar-refractivity contribution >= 4 is 5.71 Å². The molecular formula is C27H33N3. The van der Waals surface area contributed by atoms with E-state index in [1.807, 2.05) is 31.2 Å². The zero-order valence-corrected chi connectivity index (χ0v) is 18.7. The summed E-state index contributed by atoms with van der Waals surface area (Å²) in [7, 11) is 0. The highest BCUT2D eigenvalue weighted by atomic mass is 14.7. The van der Waals surface area contributed by atoms with Crippen molar-refractivity contribution in [3.8, 4) is 17.2 Å². The van der Waals surface area contributed by atoms with Gasteiger partial charge in [0.2, 0.25) is 0 Å². The summed E-state index contributed by atoms with van der Waals surface area (Å²) >= 11 is 0. The standard InChI is InChI=1S/C27H33N3/c1-6-20(3)22(5)30-21(4)15-19(2)16-26-17-24(18-29)9-12-27(26)25-10-7-23(8-11-25)13-14-28/h7-12,15,17,20H,2,6,13-14,16,28H2,1,3-5H3/b21-15-,30-22-. The Morgan fingerprint density at radius 1 is 1.20 bits per heavy atom. The number of allylic oxidation sites excluding steroid dienone is 3. The minimum absolute atomic E-state index is 0.475. The van der Waals surface area contributed by atoms with Gasteiger partial charge in [0.1, 0.15) is 0 Å². The number of hydrogen-bond acceptors (Lipinski definition) is 3. The smallest absolute Gasteiger partial charge is 0.0991 e. The summed E-state index contributed by atoms with van der Waals surface area (Å²) in [6.07, 6.45) is 4.67. The molecule has 0 amide bonds. The summed E-state index contributed by atoms with van der Waals surface area (Å²) in [5.74, 6) is 0.475. The van der Waals surface area contributed by atoms with Crippen molar-refractivity contribution in [3.05, 3.63) is 83.1 Å². The van der Waals surface area contributed by atoms with Gasteiger partial charge in [-0.1, -0.05) is 50.8 Å². The molecule has 0 saturated carbocycles. The number of nitriles is 1. The second-order valence-electron chi connectivity index (χ2n) is 7.90. The normalized spacial score (nSPS) is 13.1. The summed E-state index contributed by atoms with van der Waals surface area (Å²) in [4.78, 5) is 4.73. The molecule has 1 atom stereocenters. The van der Waals surface area contributed by atoms with Crippen LogP contribution in [0.15, 0.2) is 71.4 Å². The summed E-state index contributed by atoms with van der Waals surface area (Å²) < 4.78 is 0. The number of nitrogens with two attached hydrogens (primary N) is 1. The lowest BCUT2D eigenvalue weighted by molar-refractivity contribution is 0.734. The summed E-state index contributed by atoms with van der Waals surface area (Å²) in [6, 6.07) is 16.6. The Morgan fingerprint density at radius 3 is 2.50 bits per heavy atom. The second-order valence-corrected chi connectivity index (χ2v) is 7.90. The molecule has 2 aromatic carbocycles. The van der Waals surface area contributed by atoms with Gasteiger partial charge in [-0.2, -0.15) is 5.26 Å². The van der Waals surface area contributed by atoms with E-state index in [-0.39, 0.29) is 0 Å². The summed E-state index contributed by atoms with van der Waals surface area (Å²) in [5, 5.41) is 9.36. The minimum atomic E-state index is 0.475. The topological polar surface area (TPSA) is 62.2 Å². The van der Waals surface area contributed by atoms with E-state index in [4.69, 9.17) is 10.7 Å². The minimum Gasteiger partial charge on any atom is -0.330 e. The van der Waals surface area contributed by atoms with Crippen LogP contribution in [0, 0.1) is 17.2 Å². The van der Waals surface area contributed by atoms with Gasteiger partial charge >= 0.3 is 0 Å². The van der Waals surface area contributed by atoms with Crippen LogP contribution >= 0.6 is 0 Å². The molecule has 0 saturated heterocycles. The maximum Gasteiger partial charge on any atom is 0.0991 e. The third-order valence-corrected chi connectivity index (χ3v) is 5.44. The van der Waals surface area contributed by atoms with Crippen LogP contribution in [0.4, 0.5) is 0 Å². The van der Waals surface area contributed by atoms with E-state index in [0.717, 1.165) is 46.5 Å². The fourth-order valence-electron chi connectivity index (χ4n) is 3.42. The van der Waals surface area contributed by atoms with E-state index >= 15 is 0 Å². The third-order valence-electron chi connectivity index (χ3n) is 5.44. The lowest BCUT2D eigenvalue weighted by Gasteiger charge is -2.12. The largest absolute Gasteiger partial charge is 0.330 e. The van der Waals surface area contributed by atoms with Crippen LogP contribution in [0.3, 0.4) is 0 Å². The Hall–Kier alpha value is -2.96. The highest BCUT2D eigenvalue weighted by Gasteiger charge is 2.09. The average Bonchev–Trinajstić information content (AvgIpc) is 2.73. The van der Waals surface area contributed by atoms with Gasteiger partial charge in [0, 0.05) is 11.4 Å². The molecule has 0 aliphatic carbocycles. The maximum absolute atomic E-state index is 9.36. The highest BCUT2D eigenvalue weighted by Crippen LogP contribution is 2.27. The molecule has 2 rings (SSSR count). The van der Waals surface area contributed by atoms with Crippen LogP contribution in [-0.4, -0.2) is 12.3 Å². The predicted octanol–water partition coefficient (Wildman–Crippen LogP) is 6.24. The van der Waals surface area contributed by atoms with Crippen molar-refractivity contribution in [2.75, 3.05) is 6.54 Å². The SMILES string of the molecule is C=C(/C=C(C)\N=C(\C)C(C)CC)Cc1cc(C#N)ccc1-c1ccc(CCN)cc1.